The van der Waals surface area contributed by atoms with Gasteiger partial charge in [0, 0.05) is 6.54 Å². The van der Waals surface area contributed by atoms with Gasteiger partial charge < -0.3 is 9.64 Å². The second-order valence-corrected chi connectivity index (χ2v) is 6.79. The summed E-state index contributed by atoms with van der Waals surface area (Å²) in [4.78, 5) is 15.0. The normalized spacial score (nSPS) is 22.8. The van der Waals surface area contributed by atoms with Gasteiger partial charge >= 0.3 is 5.97 Å². The molecule has 2 unspecified atom stereocenters. The number of allylic oxidation sites excluding steroid dienone is 2. The van der Waals surface area contributed by atoms with Gasteiger partial charge in [-0.15, -0.1) is 12.4 Å². The molecule has 3 nitrogen and oxygen atoms in total. The summed E-state index contributed by atoms with van der Waals surface area (Å²) in [6.45, 7) is 7.74. The van der Waals surface area contributed by atoms with Gasteiger partial charge in [-0.1, -0.05) is 45.3 Å². The lowest BCUT2D eigenvalue weighted by molar-refractivity contribution is -0.153. The highest BCUT2D eigenvalue weighted by molar-refractivity contribution is 5.85. The first-order valence-corrected chi connectivity index (χ1v) is 9.31. The summed E-state index contributed by atoms with van der Waals surface area (Å²) in [5.74, 6) is 1.14. The molecular weight excluding hydrogens is 310 g/mol. The molecule has 0 radical (unpaired) electrons. The zero-order valence-electron chi connectivity index (χ0n) is 14.8. The molecule has 0 heterocycles. The number of nitrogens with zero attached hydrogens (tertiary/aromatic N) is 1. The minimum absolute atomic E-state index is 0. The Hall–Kier alpha value is -0.540. The molecule has 0 spiro atoms. The van der Waals surface area contributed by atoms with Gasteiger partial charge in [-0.25, -0.2) is 0 Å². The lowest BCUT2D eigenvalue weighted by Gasteiger charge is -2.32. The molecule has 0 saturated heterocycles. The van der Waals surface area contributed by atoms with E-state index in [0.29, 0.717) is 18.4 Å². The summed E-state index contributed by atoms with van der Waals surface area (Å²) in [5, 5.41) is 0. The molecule has 2 aliphatic rings. The second kappa shape index (κ2) is 11.1. The van der Waals surface area contributed by atoms with Crippen LogP contribution < -0.4 is 0 Å². The van der Waals surface area contributed by atoms with Crippen molar-refractivity contribution < 1.29 is 9.53 Å². The fourth-order valence-corrected chi connectivity index (χ4v) is 4.08. The largest absolute Gasteiger partial charge is 0.464 e. The van der Waals surface area contributed by atoms with Crippen molar-refractivity contribution in [2.75, 3.05) is 26.2 Å². The molecule has 2 aliphatic carbocycles. The van der Waals surface area contributed by atoms with E-state index >= 15 is 0 Å². The molecule has 2 rings (SSSR count). The third-order valence-corrected chi connectivity index (χ3v) is 5.49. The average Bonchev–Trinajstić information content (AvgIpc) is 3.07. The maximum atomic E-state index is 12.7. The van der Waals surface area contributed by atoms with Gasteiger partial charge in [0.15, 0.2) is 0 Å². The molecular formula is C19H34ClNO2. The summed E-state index contributed by atoms with van der Waals surface area (Å²) in [6.07, 6.45) is 13.1. The number of carbonyl (C=O) groups is 1. The van der Waals surface area contributed by atoms with Crippen LogP contribution in [-0.2, 0) is 9.53 Å². The molecule has 0 amide bonds. The predicted molar refractivity (Wildman–Crippen MR) is 97.9 cm³/mol. The van der Waals surface area contributed by atoms with Crippen LogP contribution in [0.15, 0.2) is 12.2 Å². The van der Waals surface area contributed by atoms with E-state index in [-0.39, 0.29) is 24.3 Å². The summed E-state index contributed by atoms with van der Waals surface area (Å²) in [5.41, 5.74) is 0. The molecule has 4 heteroatoms. The van der Waals surface area contributed by atoms with Crippen molar-refractivity contribution in [3.63, 3.8) is 0 Å². The average molecular weight is 344 g/mol. The minimum atomic E-state index is 0. The van der Waals surface area contributed by atoms with Crippen molar-refractivity contribution in [2.45, 2.75) is 58.8 Å². The van der Waals surface area contributed by atoms with Gasteiger partial charge in [-0.3, -0.25) is 4.79 Å². The van der Waals surface area contributed by atoms with Crippen molar-refractivity contribution in [3.8, 4) is 0 Å². The standard InChI is InChI=1S/C19H33NO2.ClH/c1-3-20(4-2)14-15-22-19(21)18(17-12-8-9-13-17)16-10-6-5-7-11-16;/h8,12,16-18H,3-7,9-11,13-15H2,1-2H3;1H. The van der Waals surface area contributed by atoms with Gasteiger partial charge in [-0.05, 0) is 50.6 Å². The van der Waals surface area contributed by atoms with Crippen LogP contribution in [0.4, 0.5) is 0 Å². The van der Waals surface area contributed by atoms with Gasteiger partial charge in [-0.2, -0.15) is 0 Å². The van der Waals surface area contributed by atoms with Crippen molar-refractivity contribution in [1.82, 2.24) is 4.90 Å². The number of hydrogen-bond donors (Lipinski definition) is 0. The first-order valence-electron chi connectivity index (χ1n) is 9.31. The predicted octanol–water partition coefficient (Wildman–Crippen LogP) is 4.46. The number of rotatable bonds is 8. The SMILES string of the molecule is CCN(CC)CCOC(=O)C(C1C=CCC1)C1CCCCC1.Cl. The third-order valence-electron chi connectivity index (χ3n) is 5.49. The van der Waals surface area contributed by atoms with E-state index in [2.05, 4.69) is 30.9 Å². The Labute approximate surface area is 148 Å². The molecule has 0 bridgehead atoms. The highest BCUT2D eigenvalue weighted by atomic mass is 35.5. The zero-order valence-corrected chi connectivity index (χ0v) is 15.7. The Balaban J connectivity index is 0.00000264. The van der Waals surface area contributed by atoms with E-state index in [1.165, 1.54) is 32.1 Å². The number of esters is 1. The number of carbonyl (C=O) groups excluding carboxylic acids is 1. The van der Waals surface area contributed by atoms with Crippen LogP contribution in [0, 0.1) is 17.8 Å². The highest BCUT2D eigenvalue weighted by Gasteiger charge is 2.36. The van der Waals surface area contributed by atoms with Crippen LogP contribution in [-0.4, -0.2) is 37.1 Å². The van der Waals surface area contributed by atoms with Crippen molar-refractivity contribution in [2.24, 2.45) is 17.8 Å². The van der Waals surface area contributed by atoms with Crippen molar-refractivity contribution >= 4 is 18.4 Å². The van der Waals surface area contributed by atoms with Crippen molar-refractivity contribution in [1.29, 1.82) is 0 Å². The Bertz CT molecular complexity index is 362. The number of hydrogen-bond acceptors (Lipinski definition) is 3. The lowest BCUT2D eigenvalue weighted by atomic mass is 9.74. The number of ether oxygens (including phenoxy) is 1. The van der Waals surface area contributed by atoms with E-state index in [9.17, 15) is 4.79 Å². The molecule has 0 aliphatic heterocycles. The summed E-state index contributed by atoms with van der Waals surface area (Å²) >= 11 is 0. The quantitative estimate of drug-likeness (QED) is 0.481. The fourth-order valence-electron chi connectivity index (χ4n) is 4.08. The molecule has 0 N–H and O–H groups in total. The molecule has 23 heavy (non-hydrogen) atoms. The molecule has 1 saturated carbocycles. The molecule has 1 fully saturated rings. The van der Waals surface area contributed by atoms with Gasteiger partial charge in [0.05, 0.1) is 5.92 Å². The fraction of sp³-hybridized carbons (Fsp3) is 0.842. The zero-order chi connectivity index (χ0) is 15.8. The lowest BCUT2D eigenvalue weighted by Crippen LogP contribution is -2.34. The van der Waals surface area contributed by atoms with E-state index in [0.717, 1.165) is 32.5 Å². The van der Waals surface area contributed by atoms with Gasteiger partial charge in [0.2, 0.25) is 0 Å². The van der Waals surface area contributed by atoms with Crippen LogP contribution in [0.3, 0.4) is 0 Å². The van der Waals surface area contributed by atoms with Crippen LogP contribution in [0.25, 0.3) is 0 Å². The van der Waals surface area contributed by atoms with E-state index in [1.807, 2.05) is 0 Å². The highest BCUT2D eigenvalue weighted by Crippen LogP contribution is 2.38. The number of halogens is 1. The van der Waals surface area contributed by atoms with Crippen LogP contribution >= 0.6 is 12.4 Å². The first kappa shape index (κ1) is 20.5. The second-order valence-electron chi connectivity index (χ2n) is 6.79. The molecule has 0 aromatic heterocycles. The first-order chi connectivity index (χ1) is 10.8. The monoisotopic (exact) mass is 343 g/mol. The molecule has 134 valence electrons. The third kappa shape index (κ3) is 6.11. The summed E-state index contributed by atoms with van der Waals surface area (Å²) < 4.78 is 5.69. The smallest absolute Gasteiger partial charge is 0.309 e. The number of likely N-dealkylation sites (N-methyl/N-ethyl adjacent to an activating group) is 1. The molecule has 0 aromatic rings. The Morgan fingerprint density at radius 2 is 1.87 bits per heavy atom. The molecule has 0 aromatic carbocycles. The van der Waals surface area contributed by atoms with Crippen LogP contribution in [0.1, 0.15) is 58.8 Å². The van der Waals surface area contributed by atoms with Crippen LogP contribution in [0.2, 0.25) is 0 Å². The van der Waals surface area contributed by atoms with Gasteiger partial charge in [0.1, 0.15) is 6.61 Å². The van der Waals surface area contributed by atoms with Crippen molar-refractivity contribution in [3.05, 3.63) is 12.2 Å². The van der Waals surface area contributed by atoms with E-state index < -0.39 is 0 Å². The van der Waals surface area contributed by atoms with Crippen LogP contribution in [0.5, 0.6) is 0 Å². The topological polar surface area (TPSA) is 29.5 Å². The Morgan fingerprint density at radius 3 is 2.43 bits per heavy atom. The summed E-state index contributed by atoms with van der Waals surface area (Å²) in [7, 11) is 0. The molecule has 2 atom stereocenters. The minimum Gasteiger partial charge on any atom is -0.464 e. The Kier molecular flexibility index (Phi) is 9.89. The van der Waals surface area contributed by atoms with Gasteiger partial charge in [0.25, 0.3) is 0 Å². The maximum Gasteiger partial charge on any atom is 0.309 e. The van der Waals surface area contributed by atoms with E-state index in [4.69, 9.17) is 4.74 Å². The summed E-state index contributed by atoms with van der Waals surface area (Å²) in [6, 6.07) is 0. The van der Waals surface area contributed by atoms with E-state index in [1.54, 1.807) is 0 Å². The maximum absolute atomic E-state index is 12.7. The Morgan fingerprint density at radius 1 is 1.17 bits per heavy atom.